The van der Waals surface area contributed by atoms with Crippen molar-refractivity contribution in [3.8, 4) is 11.8 Å². The molecule has 19 heavy (non-hydrogen) atoms. The first-order chi connectivity index (χ1) is 8.51. The molecule has 2 rings (SSSR count). The van der Waals surface area contributed by atoms with Crippen LogP contribution in [0.1, 0.15) is 27.2 Å². The number of piperidine rings is 1. The van der Waals surface area contributed by atoms with Gasteiger partial charge in [0.25, 0.3) is 0 Å². The van der Waals surface area contributed by atoms with Gasteiger partial charge in [-0.2, -0.15) is 13.2 Å². The van der Waals surface area contributed by atoms with E-state index < -0.39 is 23.3 Å². The Hall–Kier alpha value is -1.38. The van der Waals surface area contributed by atoms with Crippen molar-refractivity contribution in [2.75, 3.05) is 13.1 Å². The third kappa shape index (κ3) is 3.34. The van der Waals surface area contributed by atoms with Crippen molar-refractivity contribution in [2.24, 2.45) is 11.3 Å². The molecule has 2 atom stereocenters. The Morgan fingerprint density at radius 3 is 2.53 bits per heavy atom. The molecule has 2 unspecified atom stereocenters. The summed E-state index contributed by atoms with van der Waals surface area (Å²) in [6, 6.07) is 0. The summed E-state index contributed by atoms with van der Waals surface area (Å²) in [4.78, 5) is 13.3. The van der Waals surface area contributed by atoms with Crippen molar-refractivity contribution in [2.45, 2.75) is 39.0 Å². The second-order valence-electron chi connectivity index (χ2n) is 6.17. The highest BCUT2D eigenvalue weighted by Crippen LogP contribution is 2.57. The molecule has 1 saturated carbocycles. The summed E-state index contributed by atoms with van der Waals surface area (Å²) in [5, 5.41) is 0. The van der Waals surface area contributed by atoms with Gasteiger partial charge in [-0.1, -0.05) is 5.92 Å². The van der Waals surface area contributed by atoms with E-state index in [1.54, 1.807) is 20.8 Å². The predicted octanol–water partition coefficient (Wildman–Crippen LogP) is 2.81. The van der Waals surface area contributed by atoms with Crippen molar-refractivity contribution in [1.82, 2.24) is 4.90 Å². The molecule has 6 heteroatoms. The molecule has 1 amide bonds. The molecule has 2 aliphatic rings. The number of likely N-dealkylation sites (tertiary alicyclic amines) is 1. The fourth-order valence-corrected chi connectivity index (χ4v) is 2.34. The molecule has 1 aliphatic heterocycles. The maximum absolute atomic E-state index is 12.1. The number of nitrogens with zero attached hydrogens (tertiary/aromatic N) is 1. The minimum absolute atomic E-state index is 0.0508. The lowest BCUT2D eigenvalue weighted by molar-refractivity contribution is -0.0698. The van der Waals surface area contributed by atoms with Crippen LogP contribution in [-0.4, -0.2) is 35.9 Å². The number of carbonyl (C=O) groups excluding carboxylic acids is 1. The zero-order valence-corrected chi connectivity index (χ0v) is 11.1. The van der Waals surface area contributed by atoms with Crippen LogP contribution in [0.5, 0.6) is 0 Å². The Labute approximate surface area is 110 Å². The fourth-order valence-electron chi connectivity index (χ4n) is 2.34. The number of fused-ring (bicyclic) bond motifs is 1. The van der Waals surface area contributed by atoms with Gasteiger partial charge in [-0.25, -0.2) is 4.79 Å². The van der Waals surface area contributed by atoms with Gasteiger partial charge in [-0.15, -0.1) is 0 Å². The smallest absolute Gasteiger partial charge is 0.444 e. The molecule has 1 heterocycles. The maximum atomic E-state index is 12.1. The number of ether oxygens (including phenoxy) is 1. The molecule has 1 aliphatic carbocycles. The highest BCUT2D eigenvalue weighted by Gasteiger charge is 2.61. The number of amides is 1. The second-order valence-corrected chi connectivity index (χ2v) is 6.17. The van der Waals surface area contributed by atoms with Crippen molar-refractivity contribution >= 4 is 6.09 Å². The molecule has 106 valence electrons. The van der Waals surface area contributed by atoms with Gasteiger partial charge < -0.3 is 9.64 Å². The molecular formula is C13H16F3NO2. The summed E-state index contributed by atoms with van der Waals surface area (Å²) in [6.45, 7) is 5.92. The first-order valence-corrected chi connectivity index (χ1v) is 6.10. The van der Waals surface area contributed by atoms with Gasteiger partial charge >= 0.3 is 12.3 Å². The van der Waals surface area contributed by atoms with E-state index in [-0.39, 0.29) is 12.5 Å². The Bertz CT molecular complexity index is 455. The molecule has 0 radical (unpaired) electrons. The van der Waals surface area contributed by atoms with Gasteiger partial charge in [0.15, 0.2) is 0 Å². The molecule has 0 aromatic rings. The third-order valence-electron chi connectivity index (χ3n) is 3.25. The first kappa shape index (κ1) is 14.0. The van der Waals surface area contributed by atoms with Crippen molar-refractivity contribution in [3.63, 3.8) is 0 Å². The molecule has 0 N–H and O–H groups in total. The summed E-state index contributed by atoms with van der Waals surface area (Å²) in [7, 11) is 0. The second kappa shape index (κ2) is 4.06. The van der Waals surface area contributed by atoms with Gasteiger partial charge in [0.05, 0.1) is 5.41 Å². The summed E-state index contributed by atoms with van der Waals surface area (Å²) < 4.78 is 41.5. The van der Waals surface area contributed by atoms with Crippen molar-refractivity contribution in [1.29, 1.82) is 0 Å². The van der Waals surface area contributed by atoms with Crippen molar-refractivity contribution in [3.05, 3.63) is 0 Å². The lowest BCUT2D eigenvalue weighted by atomic mass is 10.1. The summed E-state index contributed by atoms with van der Waals surface area (Å²) in [5.41, 5.74) is -1.26. The number of alkyl halides is 3. The Kier molecular flexibility index (Phi) is 3.00. The number of carbonyl (C=O) groups is 1. The number of hydrogen-bond donors (Lipinski definition) is 0. The van der Waals surface area contributed by atoms with E-state index in [0.717, 1.165) is 0 Å². The van der Waals surface area contributed by atoms with E-state index in [0.29, 0.717) is 13.0 Å². The Balaban J connectivity index is 1.98. The largest absolute Gasteiger partial charge is 0.457 e. The Morgan fingerprint density at radius 1 is 1.37 bits per heavy atom. The minimum Gasteiger partial charge on any atom is -0.444 e. The highest BCUT2D eigenvalue weighted by molar-refractivity contribution is 5.69. The van der Waals surface area contributed by atoms with Crippen molar-refractivity contribution < 1.29 is 22.7 Å². The van der Waals surface area contributed by atoms with Crippen LogP contribution in [0.25, 0.3) is 0 Å². The summed E-state index contributed by atoms with van der Waals surface area (Å²) in [6.07, 6.45) is -4.32. The molecule has 0 bridgehead atoms. The highest BCUT2D eigenvalue weighted by atomic mass is 19.4. The van der Waals surface area contributed by atoms with Crippen LogP contribution in [0.4, 0.5) is 18.0 Å². The predicted molar refractivity (Wildman–Crippen MR) is 62.2 cm³/mol. The van der Waals surface area contributed by atoms with Crippen LogP contribution in [0.2, 0.25) is 0 Å². The monoisotopic (exact) mass is 275 g/mol. The molecule has 3 nitrogen and oxygen atoms in total. The van der Waals surface area contributed by atoms with Gasteiger partial charge in [0.2, 0.25) is 0 Å². The van der Waals surface area contributed by atoms with Gasteiger partial charge in [-0.05, 0) is 33.1 Å². The van der Waals surface area contributed by atoms with E-state index in [9.17, 15) is 18.0 Å². The molecule has 2 fully saturated rings. The lowest BCUT2D eigenvalue weighted by Crippen LogP contribution is -2.37. The topological polar surface area (TPSA) is 29.5 Å². The quantitative estimate of drug-likeness (QED) is 0.636. The molecule has 0 spiro atoms. The average Bonchev–Trinajstić information content (AvgIpc) is 2.75. The van der Waals surface area contributed by atoms with Gasteiger partial charge in [0.1, 0.15) is 5.60 Å². The lowest BCUT2D eigenvalue weighted by Gasteiger charge is -2.25. The van der Waals surface area contributed by atoms with Crippen LogP contribution in [0.15, 0.2) is 0 Å². The number of hydrogen-bond acceptors (Lipinski definition) is 2. The zero-order chi connectivity index (χ0) is 14.5. The molecular weight excluding hydrogens is 259 g/mol. The van der Waals surface area contributed by atoms with Crippen LogP contribution < -0.4 is 0 Å². The number of rotatable bonds is 0. The summed E-state index contributed by atoms with van der Waals surface area (Å²) >= 11 is 0. The molecule has 0 aromatic heterocycles. The average molecular weight is 275 g/mol. The molecule has 0 aromatic carbocycles. The zero-order valence-electron chi connectivity index (χ0n) is 11.1. The van der Waals surface area contributed by atoms with Gasteiger partial charge in [0, 0.05) is 19.0 Å². The standard InChI is InChI=1S/C13H16F3NO2/c1-11(2,3)19-10(18)17-7-9-6-12(9,8-17)4-5-13(14,15)16/h9H,6-8H2,1-3H3. The molecule has 1 saturated heterocycles. The third-order valence-corrected chi connectivity index (χ3v) is 3.25. The van der Waals surface area contributed by atoms with Crippen LogP contribution >= 0.6 is 0 Å². The van der Waals surface area contributed by atoms with E-state index >= 15 is 0 Å². The number of halogens is 3. The van der Waals surface area contributed by atoms with E-state index in [4.69, 9.17) is 4.74 Å². The van der Waals surface area contributed by atoms with E-state index in [1.165, 1.54) is 10.8 Å². The normalized spacial score (nSPS) is 29.4. The summed E-state index contributed by atoms with van der Waals surface area (Å²) in [5.74, 6) is 3.67. The minimum atomic E-state index is -4.47. The SMILES string of the molecule is CC(C)(C)OC(=O)N1CC2CC2(C#CC(F)(F)F)C1. The van der Waals surface area contributed by atoms with Gasteiger partial charge in [-0.3, -0.25) is 0 Å². The van der Waals surface area contributed by atoms with Crippen LogP contribution in [-0.2, 0) is 4.74 Å². The van der Waals surface area contributed by atoms with E-state index in [1.807, 2.05) is 0 Å². The van der Waals surface area contributed by atoms with E-state index in [2.05, 4.69) is 5.92 Å². The first-order valence-electron chi connectivity index (χ1n) is 6.10. The van der Waals surface area contributed by atoms with Crippen LogP contribution in [0, 0.1) is 23.2 Å². The fraction of sp³-hybridized carbons (Fsp3) is 0.769. The maximum Gasteiger partial charge on any atom is 0.457 e. The Morgan fingerprint density at radius 2 is 2.00 bits per heavy atom. The van der Waals surface area contributed by atoms with Crippen LogP contribution in [0.3, 0.4) is 0 Å².